The van der Waals surface area contributed by atoms with Gasteiger partial charge in [0.2, 0.25) is 0 Å². The molecule has 0 aromatic heterocycles. The first-order valence-electron chi connectivity index (χ1n) is 6.97. The van der Waals surface area contributed by atoms with Gasteiger partial charge in [0.05, 0.1) is 5.69 Å². The fourth-order valence-electron chi connectivity index (χ4n) is 1.87. The monoisotopic (exact) mass is 408 g/mol. The summed E-state index contributed by atoms with van der Waals surface area (Å²) >= 11 is 0. The third-order valence-electron chi connectivity index (χ3n) is 2.88. The first-order valence-corrected chi connectivity index (χ1v) is 6.97. The van der Waals surface area contributed by atoms with Crippen molar-refractivity contribution in [1.82, 2.24) is 10.6 Å². The molecular formula is C15H26FIN4. The molecule has 1 aromatic rings. The van der Waals surface area contributed by atoms with Gasteiger partial charge < -0.3 is 15.5 Å². The Labute approximate surface area is 144 Å². The number of anilines is 1. The highest BCUT2D eigenvalue weighted by molar-refractivity contribution is 14.0. The van der Waals surface area contributed by atoms with Gasteiger partial charge in [0.25, 0.3) is 0 Å². The number of aliphatic imine (C=N–C) groups is 1. The maximum Gasteiger partial charge on any atom is 0.191 e. The molecule has 21 heavy (non-hydrogen) atoms. The van der Waals surface area contributed by atoms with Gasteiger partial charge in [-0.3, -0.25) is 4.99 Å². The molecule has 0 aliphatic heterocycles. The minimum absolute atomic E-state index is 0. The minimum atomic E-state index is -0.180. The van der Waals surface area contributed by atoms with Crippen molar-refractivity contribution < 1.29 is 4.39 Å². The van der Waals surface area contributed by atoms with Crippen LogP contribution in [0.2, 0.25) is 0 Å². The fraction of sp³-hybridized carbons (Fsp3) is 0.533. The van der Waals surface area contributed by atoms with Crippen LogP contribution in [0.25, 0.3) is 0 Å². The number of halogens is 2. The van der Waals surface area contributed by atoms with Gasteiger partial charge in [-0.05, 0) is 32.4 Å². The fourth-order valence-corrected chi connectivity index (χ4v) is 1.87. The molecule has 0 unspecified atom stereocenters. The van der Waals surface area contributed by atoms with E-state index in [1.54, 1.807) is 19.2 Å². The maximum absolute atomic E-state index is 13.6. The Morgan fingerprint density at radius 1 is 1.33 bits per heavy atom. The van der Waals surface area contributed by atoms with Crippen molar-refractivity contribution in [3.63, 3.8) is 0 Å². The second-order valence-corrected chi connectivity index (χ2v) is 5.02. The number of para-hydroxylation sites is 1. The molecule has 120 valence electrons. The lowest BCUT2D eigenvalue weighted by molar-refractivity contribution is 0.618. The largest absolute Gasteiger partial charge is 0.372 e. The van der Waals surface area contributed by atoms with Crippen LogP contribution in [0.5, 0.6) is 0 Å². The SMILES string of the molecule is CN=C(NCCCN(C)c1ccccc1F)NC(C)C.I. The highest BCUT2D eigenvalue weighted by Crippen LogP contribution is 2.16. The lowest BCUT2D eigenvalue weighted by Gasteiger charge is -2.20. The van der Waals surface area contributed by atoms with Crippen LogP contribution in [0.1, 0.15) is 20.3 Å². The molecule has 0 radical (unpaired) electrons. The smallest absolute Gasteiger partial charge is 0.191 e. The van der Waals surface area contributed by atoms with E-state index < -0.39 is 0 Å². The summed E-state index contributed by atoms with van der Waals surface area (Å²) in [4.78, 5) is 6.06. The number of nitrogens with one attached hydrogen (secondary N) is 2. The quantitative estimate of drug-likeness (QED) is 0.329. The molecule has 0 aliphatic rings. The lowest BCUT2D eigenvalue weighted by Crippen LogP contribution is -2.41. The minimum Gasteiger partial charge on any atom is -0.372 e. The number of benzene rings is 1. The lowest BCUT2D eigenvalue weighted by atomic mass is 10.2. The van der Waals surface area contributed by atoms with Crippen molar-refractivity contribution in [2.24, 2.45) is 4.99 Å². The van der Waals surface area contributed by atoms with Gasteiger partial charge >= 0.3 is 0 Å². The van der Waals surface area contributed by atoms with Crippen LogP contribution in [0, 0.1) is 5.82 Å². The van der Waals surface area contributed by atoms with Crippen LogP contribution in [0.15, 0.2) is 29.3 Å². The zero-order valence-corrected chi connectivity index (χ0v) is 15.5. The van der Waals surface area contributed by atoms with Gasteiger partial charge in [-0.2, -0.15) is 0 Å². The summed E-state index contributed by atoms with van der Waals surface area (Å²) in [6.07, 6.45) is 0.906. The molecule has 2 N–H and O–H groups in total. The predicted molar refractivity (Wildman–Crippen MR) is 99.3 cm³/mol. The summed E-state index contributed by atoms with van der Waals surface area (Å²) in [5.41, 5.74) is 0.636. The molecule has 0 bridgehead atoms. The molecule has 0 aliphatic carbocycles. The molecule has 1 rings (SSSR count). The highest BCUT2D eigenvalue weighted by Gasteiger charge is 2.06. The summed E-state index contributed by atoms with van der Waals surface area (Å²) in [5, 5.41) is 6.46. The van der Waals surface area contributed by atoms with E-state index in [1.807, 2.05) is 18.0 Å². The summed E-state index contributed by atoms with van der Waals surface area (Å²) in [6, 6.07) is 7.18. The molecular weight excluding hydrogens is 382 g/mol. The summed E-state index contributed by atoms with van der Waals surface area (Å²) < 4.78 is 13.6. The zero-order chi connectivity index (χ0) is 15.0. The van der Waals surface area contributed by atoms with Crippen LogP contribution in [-0.4, -0.2) is 39.2 Å². The van der Waals surface area contributed by atoms with Crippen LogP contribution in [0.4, 0.5) is 10.1 Å². The summed E-state index contributed by atoms with van der Waals surface area (Å²) in [7, 11) is 3.66. The Bertz CT molecular complexity index is 437. The molecule has 0 amide bonds. The van der Waals surface area contributed by atoms with E-state index >= 15 is 0 Å². The first-order chi connectivity index (χ1) is 9.54. The van der Waals surface area contributed by atoms with E-state index in [9.17, 15) is 4.39 Å². The number of hydrogen-bond donors (Lipinski definition) is 2. The zero-order valence-electron chi connectivity index (χ0n) is 13.2. The molecule has 0 saturated heterocycles. The Balaban J connectivity index is 0.00000400. The number of nitrogens with zero attached hydrogens (tertiary/aromatic N) is 2. The van der Waals surface area contributed by atoms with Gasteiger partial charge in [-0.15, -0.1) is 24.0 Å². The van der Waals surface area contributed by atoms with Gasteiger partial charge in [-0.1, -0.05) is 12.1 Å². The second kappa shape index (κ2) is 10.6. The molecule has 0 fully saturated rings. The molecule has 0 atom stereocenters. The molecule has 1 aromatic carbocycles. The Hall–Kier alpha value is -1.05. The maximum atomic E-state index is 13.6. The number of rotatable bonds is 6. The number of hydrogen-bond acceptors (Lipinski definition) is 2. The van der Waals surface area contributed by atoms with E-state index in [1.165, 1.54) is 6.07 Å². The van der Waals surface area contributed by atoms with Crippen LogP contribution >= 0.6 is 24.0 Å². The van der Waals surface area contributed by atoms with E-state index in [0.717, 1.165) is 25.5 Å². The average molecular weight is 408 g/mol. The van der Waals surface area contributed by atoms with Crippen molar-refractivity contribution in [3.8, 4) is 0 Å². The normalized spacial score (nSPS) is 11.0. The Morgan fingerprint density at radius 2 is 2.00 bits per heavy atom. The standard InChI is InChI=1S/C15H25FN4.HI/c1-12(2)19-15(17-3)18-10-7-11-20(4)14-9-6-5-8-13(14)16;/h5-6,8-9,12H,7,10-11H2,1-4H3,(H2,17,18,19);1H. The van der Waals surface area contributed by atoms with E-state index in [4.69, 9.17) is 0 Å². The van der Waals surface area contributed by atoms with E-state index in [0.29, 0.717) is 11.7 Å². The van der Waals surface area contributed by atoms with Gasteiger partial charge in [-0.25, -0.2) is 4.39 Å². The van der Waals surface area contributed by atoms with Crippen molar-refractivity contribution in [2.45, 2.75) is 26.3 Å². The van der Waals surface area contributed by atoms with Crippen LogP contribution in [0.3, 0.4) is 0 Å². The Kier molecular flexibility index (Phi) is 10.1. The Morgan fingerprint density at radius 3 is 2.57 bits per heavy atom. The molecule has 0 heterocycles. The van der Waals surface area contributed by atoms with Crippen LogP contribution in [-0.2, 0) is 0 Å². The predicted octanol–water partition coefficient (Wildman–Crippen LogP) is 2.84. The van der Waals surface area contributed by atoms with Gasteiger partial charge in [0.1, 0.15) is 5.82 Å². The third-order valence-corrected chi connectivity index (χ3v) is 2.88. The van der Waals surface area contributed by atoms with Crippen molar-refractivity contribution >= 4 is 35.6 Å². The van der Waals surface area contributed by atoms with Crippen molar-refractivity contribution in [3.05, 3.63) is 30.1 Å². The van der Waals surface area contributed by atoms with Crippen LogP contribution < -0.4 is 15.5 Å². The molecule has 4 nitrogen and oxygen atoms in total. The van der Waals surface area contributed by atoms with Gasteiger partial charge in [0, 0.05) is 33.2 Å². The van der Waals surface area contributed by atoms with Crippen molar-refractivity contribution in [1.29, 1.82) is 0 Å². The summed E-state index contributed by atoms with van der Waals surface area (Å²) in [5.74, 6) is 0.619. The average Bonchev–Trinajstić information content (AvgIpc) is 2.42. The molecule has 0 saturated carbocycles. The topological polar surface area (TPSA) is 39.7 Å². The molecule has 0 spiro atoms. The van der Waals surface area contributed by atoms with Crippen molar-refractivity contribution in [2.75, 3.05) is 32.1 Å². The second-order valence-electron chi connectivity index (χ2n) is 5.02. The highest BCUT2D eigenvalue weighted by atomic mass is 127. The number of guanidine groups is 1. The van der Waals surface area contributed by atoms with E-state index in [-0.39, 0.29) is 29.8 Å². The first kappa shape index (κ1) is 19.9. The van der Waals surface area contributed by atoms with Gasteiger partial charge in [0.15, 0.2) is 5.96 Å². The summed E-state index contributed by atoms with van der Waals surface area (Å²) in [6.45, 7) is 5.72. The molecule has 6 heteroatoms. The third kappa shape index (κ3) is 7.50. The van der Waals surface area contributed by atoms with E-state index in [2.05, 4.69) is 29.5 Å².